The van der Waals surface area contributed by atoms with E-state index in [1.165, 1.54) is 5.56 Å². The van der Waals surface area contributed by atoms with Gasteiger partial charge in [0.05, 0.1) is 13.1 Å². The minimum Gasteiger partial charge on any atom is -0.351 e. The summed E-state index contributed by atoms with van der Waals surface area (Å²) in [6.45, 7) is 0.740. The third-order valence-electron chi connectivity index (χ3n) is 6.37. The van der Waals surface area contributed by atoms with Crippen molar-refractivity contribution >= 4 is 28.3 Å². The van der Waals surface area contributed by atoms with Crippen LogP contribution in [-0.2, 0) is 0 Å². The van der Waals surface area contributed by atoms with Gasteiger partial charge in [0.1, 0.15) is 11.5 Å². The summed E-state index contributed by atoms with van der Waals surface area (Å²) in [7, 11) is 0. The summed E-state index contributed by atoms with van der Waals surface area (Å²) < 4.78 is 26.3. The summed E-state index contributed by atoms with van der Waals surface area (Å²) in [4.78, 5) is 25.7. The number of hydrogen-bond acceptors (Lipinski definition) is 6. The molecule has 0 spiro atoms. The van der Waals surface area contributed by atoms with Crippen LogP contribution in [0.25, 0.3) is 22.3 Å². The molecule has 178 valence electrons. The predicted molar refractivity (Wildman–Crippen MR) is 129 cm³/mol. The lowest BCUT2D eigenvalue weighted by molar-refractivity contribution is -0.113. The average Bonchev–Trinajstić information content (AvgIpc) is 3.52. The van der Waals surface area contributed by atoms with Crippen LogP contribution in [0.5, 0.6) is 0 Å². The second kappa shape index (κ2) is 8.40. The third-order valence-corrected chi connectivity index (χ3v) is 6.37. The van der Waals surface area contributed by atoms with Gasteiger partial charge in [0.15, 0.2) is 5.82 Å². The van der Waals surface area contributed by atoms with Gasteiger partial charge in [0, 0.05) is 47.4 Å². The summed E-state index contributed by atoms with van der Waals surface area (Å²) >= 11 is 0. The van der Waals surface area contributed by atoms with Gasteiger partial charge in [-0.25, -0.2) is 18.7 Å². The van der Waals surface area contributed by atoms with Crippen LogP contribution in [0.15, 0.2) is 60.8 Å². The number of fused-ring (bicyclic) bond motifs is 1. The smallest absolute Gasteiger partial charge is 0.282 e. The molecule has 2 aromatic carbocycles. The molecule has 2 saturated heterocycles. The molecule has 0 atom stereocenters. The Morgan fingerprint density at radius 2 is 1.80 bits per heavy atom. The molecular formula is C25H23F2N7O. The molecule has 4 heterocycles. The first-order valence-corrected chi connectivity index (χ1v) is 11.4. The van der Waals surface area contributed by atoms with Crippen LogP contribution >= 0.6 is 0 Å². The largest absolute Gasteiger partial charge is 0.351 e. The Kier molecular flexibility index (Phi) is 5.19. The molecule has 2 aliphatic heterocycles. The summed E-state index contributed by atoms with van der Waals surface area (Å²) in [6, 6.07) is 17.4. The minimum absolute atomic E-state index is 0.289. The van der Waals surface area contributed by atoms with Gasteiger partial charge in [-0.3, -0.25) is 15.6 Å². The zero-order valence-electron chi connectivity index (χ0n) is 18.7. The number of rotatable bonds is 5. The summed E-state index contributed by atoms with van der Waals surface area (Å²) in [6.07, 6.45) is 1.69. The lowest BCUT2D eigenvalue weighted by Gasteiger charge is -2.38. The molecule has 4 aromatic rings. The first kappa shape index (κ1) is 21.6. The van der Waals surface area contributed by atoms with Crippen LogP contribution in [0.2, 0.25) is 0 Å². The molecule has 2 aliphatic rings. The lowest BCUT2D eigenvalue weighted by Crippen LogP contribution is -2.58. The Labute approximate surface area is 199 Å². The Morgan fingerprint density at radius 1 is 1.03 bits per heavy atom. The number of halogens is 2. The van der Waals surface area contributed by atoms with E-state index in [0.29, 0.717) is 23.1 Å². The second-order valence-corrected chi connectivity index (χ2v) is 8.97. The zero-order valence-corrected chi connectivity index (χ0v) is 18.7. The van der Waals surface area contributed by atoms with E-state index < -0.39 is 24.9 Å². The molecular weight excluding hydrogens is 452 g/mol. The van der Waals surface area contributed by atoms with Crippen molar-refractivity contribution in [3.8, 4) is 11.4 Å². The number of benzene rings is 2. The highest BCUT2D eigenvalue weighted by molar-refractivity contribution is 5.99. The monoisotopic (exact) mass is 475 g/mol. The summed E-state index contributed by atoms with van der Waals surface area (Å²) in [5.41, 5.74) is 10.3. The van der Waals surface area contributed by atoms with Crippen molar-refractivity contribution < 1.29 is 13.6 Å². The topological polar surface area (TPSA) is 98.0 Å². The number of carbonyl (C=O) groups excluding carboxylic acids is 1. The third kappa shape index (κ3) is 4.33. The highest BCUT2D eigenvalue weighted by Gasteiger charge is 2.46. The molecule has 0 radical (unpaired) electrons. The molecule has 0 bridgehead atoms. The van der Waals surface area contributed by atoms with Crippen LogP contribution in [0.3, 0.4) is 0 Å². The average molecular weight is 476 g/mol. The van der Waals surface area contributed by atoms with Gasteiger partial charge < -0.3 is 15.2 Å². The van der Waals surface area contributed by atoms with E-state index >= 15 is 0 Å². The second-order valence-electron chi connectivity index (χ2n) is 8.97. The number of aromatic amines is 1. The van der Waals surface area contributed by atoms with Crippen LogP contribution in [0.1, 0.15) is 22.0 Å². The molecule has 4 N–H and O–H groups in total. The van der Waals surface area contributed by atoms with Crippen LogP contribution in [0.4, 0.5) is 20.3 Å². The SMILES string of the molecule is O=C(c1cc2ccc(-c3nccc(Nc4ccc(C5CNNC5)cc4)n3)cc2[nH]1)N1CC(F)(F)C1. The molecule has 35 heavy (non-hydrogen) atoms. The molecule has 2 aromatic heterocycles. The Bertz CT molecular complexity index is 1390. The molecule has 0 unspecified atom stereocenters. The maximum atomic E-state index is 13.1. The number of anilines is 2. The molecule has 0 saturated carbocycles. The fraction of sp³-hybridized carbons (Fsp3) is 0.240. The quantitative estimate of drug-likeness (QED) is 0.352. The van der Waals surface area contributed by atoms with E-state index in [0.717, 1.165) is 34.6 Å². The highest BCUT2D eigenvalue weighted by atomic mass is 19.3. The van der Waals surface area contributed by atoms with E-state index in [2.05, 4.69) is 43.3 Å². The molecule has 8 nitrogen and oxygen atoms in total. The number of likely N-dealkylation sites (tertiary alicyclic amines) is 1. The maximum Gasteiger partial charge on any atom is 0.282 e. The van der Waals surface area contributed by atoms with Crippen molar-refractivity contribution in [2.45, 2.75) is 11.8 Å². The number of nitrogens with one attached hydrogen (secondary N) is 4. The number of hydrogen-bond donors (Lipinski definition) is 4. The molecule has 1 amide bonds. The summed E-state index contributed by atoms with van der Waals surface area (Å²) in [5.74, 6) is -1.57. The van der Waals surface area contributed by atoms with Gasteiger partial charge in [-0.05, 0) is 35.9 Å². The summed E-state index contributed by atoms with van der Waals surface area (Å²) in [5, 5.41) is 4.13. The van der Waals surface area contributed by atoms with Crippen molar-refractivity contribution in [3.63, 3.8) is 0 Å². The van der Waals surface area contributed by atoms with Crippen molar-refractivity contribution in [2.24, 2.45) is 0 Å². The van der Waals surface area contributed by atoms with Gasteiger partial charge in [-0.15, -0.1) is 0 Å². The molecule has 0 aliphatic carbocycles. The number of alkyl halides is 2. The first-order chi connectivity index (χ1) is 16.9. The number of carbonyl (C=O) groups is 1. The van der Waals surface area contributed by atoms with E-state index in [4.69, 9.17) is 0 Å². The molecule has 10 heteroatoms. The van der Waals surface area contributed by atoms with E-state index in [1.54, 1.807) is 18.3 Å². The number of amides is 1. The maximum absolute atomic E-state index is 13.1. The Balaban J connectivity index is 1.19. The zero-order chi connectivity index (χ0) is 24.0. The van der Waals surface area contributed by atoms with Crippen molar-refractivity contribution in [1.82, 2.24) is 30.7 Å². The lowest BCUT2D eigenvalue weighted by atomic mass is 10.0. The van der Waals surface area contributed by atoms with Crippen LogP contribution < -0.4 is 16.2 Å². The van der Waals surface area contributed by atoms with Gasteiger partial charge in [0.2, 0.25) is 0 Å². The van der Waals surface area contributed by atoms with Gasteiger partial charge in [-0.1, -0.05) is 24.3 Å². The fourth-order valence-electron chi connectivity index (χ4n) is 4.46. The minimum atomic E-state index is -2.79. The first-order valence-electron chi connectivity index (χ1n) is 11.4. The molecule has 2 fully saturated rings. The highest BCUT2D eigenvalue weighted by Crippen LogP contribution is 2.30. The number of nitrogens with zero attached hydrogens (tertiary/aromatic N) is 3. The van der Waals surface area contributed by atoms with E-state index in [1.807, 2.05) is 30.3 Å². The predicted octanol–water partition coefficient (Wildman–Crippen LogP) is 3.65. The standard InChI is InChI=1S/C25H23F2N7O/c26-25(27)13-34(14-25)24(35)21-9-16-1-2-17(10-20(16)32-21)23-28-8-7-22(33-23)31-19-5-3-15(4-6-19)18-11-29-30-12-18/h1-10,18,29-30,32H,11-14H2,(H,28,31,33). The van der Waals surface area contributed by atoms with E-state index in [9.17, 15) is 13.6 Å². The van der Waals surface area contributed by atoms with Crippen molar-refractivity contribution in [1.29, 1.82) is 0 Å². The normalized spacial score (nSPS) is 17.5. The van der Waals surface area contributed by atoms with Gasteiger partial charge in [-0.2, -0.15) is 0 Å². The molecule has 6 rings (SSSR count). The number of aromatic nitrogens is 3. The fourth-order valence-corrected chi connectivity index (χ4v) is 4.46. The Hall–Kier alpha value is -3.89. The number of H-pyrrole nitrogens is 1. The van der Waals surface area contributed by atoms with E-state index in [-0.39, 0.29) is 5.69 Å². The van der Waals surface area contributed by atoms with Crippen molar-refractivity contribution in [3.05, 3.63) is 72.1 Å². The van der Waals surface area contributed by atoms with Gasteiger partial charge in [0.25, 0.3) is 11.8 Å². The van der Waals surface area contributed by atoms with Crippen molar-refractivity contribution in [2.75, 3.05) is 31.5 Å². The van der Waals surface area contributed by atoms with Crippen LogP contribution in [-0.4, -0.2) is 57.9 Å². The number of hydrazine groups is 1. The van der Waals surface area contributed by atoms with Crippen LogP contribution in [0, 0.1) is 0 Å². The van der Waals surface area contributed by atoms with Gasteiger partial charge >= 0.3 is 0 Å². The Morgan fingerprint density at radius 3 is 2.54 bits per heavy atom.